The second kappa shape index (κ2) is 18.5. The summed E-state index contributed by atoms with van der Waals surface area (Å²) >= 11 is 6.25. The third-order valence-electron chi connectivity index (χ3n) is 12.5. The summed E-state index contributed by atoms with van der Waals surface area (Å²) in [6, 6.07) is 21.2. The van der Waals surface area contributed by atoms with Gasteiger partial charge in [0.2, 0.25) is 5.95 Å². The van der Waals surface area contributed by atoms with E-state index in [2.05, 4.69) is 58.9 Å². The molecule has 2 aliphatic rings. The molecule has 2 N–H and O–H groups in total. The van der Waals surface area contributed by atoms with Crippen LogP contribution in [-0.4, -0.2) is 84.7 Å². The highest BCUT2D eigenvalue weighted by molar-refractivity contribution is 7.89. The van der Waals surface area contributed by atoms with Crippen LogP contribution in [0.2, 0.25) is 5.02 Å². The van der Waals surface area contributed by atoms with Crippen molar-refractivity contribution in [1.29, 1.82) is 5.26 Å². The summed E-state index contributed by atoms with van der Waals surface area (Å²) in [5.74, 6) is 2.31. The number of hydrogen-bond acceptors (Lipinski definition) is 12. The number of aromatic nitrogens is 4. The number of carbonyl (C=O) groups is 1. The van der Waals surface area contributed by atoms with Crippen LogP contribution in [0.25, 0.3) is 22.0 Å². The van der Waals surface area contributed by atoms with Gasteiger partial charge in [-0.3, -0.25) is 9.59 Å². The number of rotatable bonds is 15. The van der Waals surface area contributed by atoms with E-state index in [1.165, 1.54) is 10.8 Å². The number of carbonyl (C=O) groups excluding carboxylic acids is 1. The van der Waals surface area contributed by atoms with Gasteiger partial charge in [-0.2, -0.15) is 5.26 Å². The average Bonchev–Trinajstić information content (AvgIpc) is 3.78. The lowest BCUT2D eigenvalue weighted by atomic mass is 9.49. The zero-order valence-corrected chi connectivity index (χ0v) is 39.2. The molecule has 6 aromatic rings. The van der Waals surface area contributed by atoms with Crippen LogP contribution in [0.15, 0.2) is 96.3 Å². The smallest absolute Gasteiger partial charge is 0.274 e. The van der Waals surface area contributed by atoms with Gasteiger partial charge in [0, 0.05) is 96.7 Å². The predicted molar refractivity (Wildman–Crippen MR) is 252 cm³/mol. The van der Waals surface area contributed by atoms with Crippen molar-refractivity contribution in [1.82, 2.24) is 24.8 Å². The fourth-order valence-corrected chi connectivity index (χ4v) is 10.5. The number of hydrogen-bond donors (Lipinski definition) is 2. The number of H-pyrrole nitrogens is 1. The van der Waals surface area contributed by atoms with Gasteiger partial charge >= 0.3 is 0 Å². The maximum atomic E-state index is 13.4. The van der Waals surface area contributed by atoms with E-state index < -0.39 is 20.7 Å². The largest absolute Gasteiger partial charge is 0.491 e. The number of nitrogens with zero attached hydrogens (tertiary/aromatic N) is 5. The van der Waals surface area contributed by atoms with Crippen LogP contribution in [0.5, 0.6) is 23.0 Å². The van der Waals surface area contributed by atoms with Crippen molar-refractivity contribution in [2.24, 2.45) is 17.9 Å². The number of nitrogens with one attached hydrogen (secondary N) is 2. The minimum Gasteiger partial charge on any atom is -0.491 e. The number of nitriles is 1. The Hall–Kier alpha value is -6.41. The van der Waals surface area contributed by atoms with Crippen molar-refractivity contribution in [3.63, 3.8) is 0 Å². The fourth-order valence-electron chi connectivity index (χ4n) is 9.52. The Kier molecular flexibility index (Phi) is 12.9. The Balaban J connectivity index is 0.812. The van der Waals surface area contributed by atoms with Gasteiger partial charge in [-0.25, -0.2) is 18.4 Å². The molecule has 8 rings (SSSR count). The molecule has 0 bridgehead atoms. The summed E-state index contributed by atoms with van der Waals surface area (Å²) in [6.07, 6.45) is 9.10. The predicted octanol–water partition coefficient (Wildman–Crippen LogP) is 7.86. The maximum absolute atomic E-state index is 13.4. The van der Waals surface area contributed by atoms with Crippen LogP contribution in [-0.2, 0) is 27.4 Å². The minimum absolute atomic E-state index is 0.0357. The first-order chi connectivity index (χ1) is 31.4. The van der Waals surface area contributed by atoms with E-state index >= 15 is 0 Å². The molecule has 3 aromatic carbocycles. The summed E-state index contributed by atoms with van der Waals surface area (Å²) in [5, 5.41) is 13.4. The zero-order chi connectivity index (χ0) is 47.0. The molecule has 0 radical (unpaired) electrons. The van der Waals surface area contributed by atoms with Gasteiger partial charge in [-0.1, -0.05) is 51.4 Å². The van der Waals surface area contributed by atoms with E-state index in [1.807, 2.05) is 24.3 Å². The highest BCUT2D eigenvalue weighted by Crippen LogP contribution is 2.55. The number of halogens is 1. The molecule has 4 heterocycles. The molecule has 66 heavy (non-hydrogen) atoms. The second-order valence-electron chi connectivity index (χ2n) is 18.2. The number of amides is 1. The topological polar surface area (TPSA) is 191 Å². The molecule has 0 spiro atoms. The Bertz CT molecular complexity index is 2980. The fraction of sp³-hybridized carbons (Fsp3) is 0.367. The molecule has 1 aliphatic carbocycles. The van der Waals surface area contributed by atoms with E-state index in [9.17, 15) is 23.3 Å². The van der Waals surface area contributed by atoms with Crippen LogP contribution < -0.4 is 30.0 Å². The quantitative estimate of drug-likeness (QED) is 0.0950. The van der Waals surface area contributed by atoms with E-state index in [0.29, 0.717) is 99.0 Å². The molecule has 1 aliphatic heterocycles. The monoisotopic (exact) mass is 933 g/mol. The SMILES string of the molecule is Cn1cc(-c2cc(CS(C)(=O)=O)ccc2Oc2cccc(OCCOC3CCN(c4ncc(C(=O)N[C@H]5C(C)(C)[C@H](Oc6ccc(C#N)c(Cl)c6)C5(C)C)cn4)CC3)c2)c2cc[nH]c2c1=O. The van der Waals surface area contributed by atoms with E-state index in [1.54, 1.807) is 74.3 Å². The van der Waals surface area contributed by atoms with Crippen LogP contribution >= 0.6 is 11.6 Å². The summed E-state index contributed by atoms with van der Waals surface area (Å²) in [4.78, 5) is 40.5. The van der Waals surface area contributed by atoms with Gasteiger partial charge in [-0.15, -0.1) is 0 Å². The zero-order valence-electron chi connectivity index (χ0n) is 37.6. The molecule has 17 heteroatoms. The van der Waals surface area contributed by atoms with Crippen LogP contribution in [0.3, 0.4) is 0 Å². The molecule has 2 fully saturated rings. The molecule has 1 saturated heterocycles. The minimum atomic E-state index is -3.31. The van der Waals surface area contributed by atoms with E-state index in [0.717, 1.165) is 12.8 Å². The standard InChI is InChI=1S/C49H52ClN7O8S/c1-48(2)45(49(3,4)46(48)65-36-12-11-31(25-51)40(50)24-36)55-43(58)32-26-53-47(54-27-32)57-18-15-33(16-19-57)62-20-21-63-34-8-7-9-35(23-34)64-41-13-10-30(29-66(6,60)61)22-38(41)39-28-56(5)44(59)42-37(39)14-17-52-42/h7-14,17,22-24,26-28,33,45-46,52H,15-16,18-21,29H2,1-6H3,(H,55,58)/t45-,46-. The average molecular weight is 935 g/mol. The third kappa shape index (κ3) is 9.74. The third-order valence-corrected chi connectivity index (χ3v) is 13.6. The van der Waals surface area contributed by atoms with Gasteiger partial charge in [-0.05, 0) is 60.9 Å². The summed E-state index contributed by atoms with van der Waals surface area (Å²) in [7, 11) is -1.64. The van der Waals surface area contributed by atoms with Crippen molar-refractivity contribution in [3.8, 4) is 40.2 Å². The van der Waals surface area contributed by atoms with Gasteiger partial charge in [0.05, 0.1) is 34.6 Å². The summed E-state index contributed by atoms with van der Waals surface area (Å²) in [6.45, 7) is 10.3. The first-order valence-corrected chi connectivity index (χ1v) is 24.1. The summed E-state index contributed by atoms with van der Waals surface area (Å²) < 4.78 is 50.9. The van der Waals surface area contributed by atoms with E-state index in [-0.39, 0.29) is 35.5 Å². The normalized spacial score (nSPS) is 18.0. The Labute approximate surface area is 388 Å². The number of benzene rings is 3. The van der Waals surface area contributed by atoms with Crippen LogP contribution in [0, 0.1) is 22.2 Å². The van der Waals surface area contributed by atoms with Crippen molar-refractivity contribution in [2.45, 2.75) is 64.5 Å². The molecule has 15 nitrogen and oxygen atoms in total. The number of aryl methyl sites for hydroxylation is 1. The lowest BCUT2D eigenvalue weighted by molar-refractivity contribution is -0.164. The molecular weight excluding hydrogens is 882 g/mol. The van der Waals surface area contributed by atoms with Crippen LogP contribution in [0.1, 0.15) is 62.0 Å². The highest BCUT2D eigenvalue weighted by atomic mass is 35.5. The first kappa shape index (κ1) is 46.1. The molecule has 0 unspecified atom stereocenters. The molecule has 3 aromatic heterocycles. The lowest BCUT2D eigenvalue weighted by Crippen LogP contribution is -2.74. The second-order valence-corrected chi connectivity index (χ2v) is 20.7. The number of piperidine rings is 1. The molecule has 344 valence electrons. The van der Waals surface area contributed by atoms with Crippen molar-refractivity contribution < 1.29 is 32.2 Å². The number of pyridine rings is 1. The summed E-state index contributed by atoms with van der Waals surface area (Å²) in [5.41, 5.74) is 2.15. The maximum Gasteiger partial charge on any atom is 0.274 e. The molecule has 0 atom stereocenters. The number of sulfone groups is 1. The highest BCUT2D eigenvalue weighted by Gasteiger charge is 2.64. The molecular formula is C49H52ClN7O8S. The van der Waals surface area contributed by atoms with Gasteiger partial charge in [0.25, 0.3) is 11.5 Å². The Morgan fingerprint density at radius 3 is 2.38 bits per heavy atom. The van der Waals surface area contributed by atoms with Crippen molar-refractivity contribution in [3.05, 3.63) is 124 Å². The van der Waals surface area contributed by atoms with Crippen LogP contribution in [0.4, 0.5) is 5.95 Å². The first-order valence-electron chi connectivity index (χ1n) is 21.7. The van der Waals surface area contributed by atoms with Gasteiger partial charge < -0.3 is 38.7 Å². The molecule has 1 saturated carbocycles. The van der Waals surface area contributed by atoms with E-state index in [4.69, 9.17) is 30.5 Å². The van der Waals surface area contributed by atoms with Crippen molar-refractivity contribution in [2.75, 3.05) is 37.5 Å². The molecule has 1 amide bonds. The van der Waals surface area contributed by atoms with Gasteiger partial charge in [0.1, 0.15) is 47.3 Å². The Morgan fingerprint density at radius 2 is 1.68 bits per heavy atom. The van der Waals surface area contributed by atoms with Crippen molar-refractivity contribution >= 4 is 44.2 Å². The number of aromatic amines is 1. The van der Waals surface area contributed by atoms with Gasteiger partial charge in [0.15, 0.2) is 9.84 Å². The lowest BCUT2D eigenvalue weighted by Gasteiger charge is -2.63. The Morgan fingerprint density at radius 1 is 0.955 bits per heavy atom. The number of ether oxygens (including phenoxy) is 4. The number of fused-ring (bicyclic) bond motifs is 1. The number of anilines is 1.